The summed E-state index contributed by atoms with van der Waals surface area (Å²) in [5.41, 5.74) is 0.936. The van der Waals surface area contributed by atoms with Crippen molar-refractivity contribution < 1.29 is 19.4 Å². The smallest absolute Gasteiger partial charge is 0.345 e. The van der Waals surface area contributed by atoms with Gasteiger partial charge in [0.1, 0.15) is 18.1 Å². The van der Waals surface area contributed by atoms with Crippen LogP contribution in [0.3, 0.4) is 0 Å². The zero-order chi connectivity index (χ0) is 14.7. The van der Waals surface area contributed by atoms with Crippen LogP contribution in [0.5, 0.6) is 11.5 Å². The van der Waals surface area contributed by atoms with Crippen molar-refractivity contribution in [3.8, 4) is 11.5 Å². The highest BCUT2D eigenvalue weighted by Gasteiger charge is 2.28. The Kier molecular flexibility index (Phi) is 4.29. The molecule has 0 saturated carbocycles. The molecule has 0 radical (unpaired) electrons. The summed E-state index contributed by atoms with van der Waals surface area (Å²) in [5, 5.41) is 8.98. The molecule has 0 aromatic heterocycles. The van der Waals surface area contributed by atoms with Gasteiger partial charge in [0.25, 0.3) is 0 Å². The van der Waals surface area contributed by atoms with E-state index in [1.54, 1.807) is 6.07 Å². The molecule has 0 aliphatic carbocycles. The van der Waals surface area contributed by atoms with Crippen molar-refractivity contribution in [1.29, 1.82) is 0 Å². The Balaban J connectivity index is 1.51. The van der Waals surface area contributed by atoms with E-state index in [1.165, 1.54) is 19.3 Å². The van der Waals surface area contributed by atoms with Gasteiger partial charge in [0.15, 0.2) is 6.10 Å². The Hall–Kier alpha value is -1.75. The Labute approximate surface area is 124 Å². The van der Waals surface area contributed by atoms with Crippen LogP contribution in [-0.4, -0.2) is 48.3 Å². The van der Waals surface area contributed by atoms with Gasteiger partial charge in [-0.25, -0.2) is 4.79 Å². The van der Waals surface area contributed by atoms with Gasteiger partial charge in [0.2, 0.25) is 0 Å². The van der Waals surface area contributed by atoms with E-state index >= 15 is 0 Å². The summed E-state index contributed by atoms with van der Waals surface area (Å²) in [6.07, 6.45) is 3.57. The van der Waals surface area contributed by atoms with E-state index in [9.17, 15) is 4.79 Å². The first-order valence-corrected chi connectivity index (χ1v) is 7.60. The van der Waals surface area contributed by atoms with Crippen LogP contribution in [0, 0.1) is 0 Å². The topological polar surface area (TPSA) is 59.0 Å². The monoisotopic (exact) mass is 291 g/mol. The summed E-state index contributed by atoms with van der Waals surface area (Å²) < 4.78 is 11.2. The van der Waals surface area contributed by atoms with Gasteiger partial charge in [-0.3, -0.25) is 4.90 Å². The number of ether oxygens (including phenoxy) is 2. The minimum atomic E-state index is -0.918. The standard InChI is InChI=1S/C16H21NO4/c18-16(19)15-10-12-4-5-13(11-14(12)21-15)20-9-8-17-6-2-1-3-7-17/h4-5,11,15H,1-3,6-10H2,(H,18,19). The summed E-state index contributed by atoms with van der Waals surface area (Å²) in [6, 6.07) is 5.59. The van der Waals surface area contributed by atoms with E-state index in [1.807, 2.05) is 12.1 Å². The average Bonchev–Trinajstić information content (AvgIpc) is 2.92. The summed E-state index contributed by atoms with van der Waals surface area (Å²) in [7, 11) is 0. The first-order valence-electron chi connectivity index (χ1n) is 7.60. The molecular weight excluding hydrogens is 270 g/mol. The van der Waals surface area contributed by atoms with Gasteiger partial charge in [0.05, 0.1) is 0 Å². The van der Waals surface area contributed by atoms with Gasteiger partial charge in [-0.05, 0) is 37.6 Å². The number of nitrogens with zero attached hydrogens (tertiary/aromatic N) is 1. The van der Waals surface area contributed by atoms with Crippen LogP contribution < -0.4 is 9.47 Å². The number of carboxylic acids is 1. The molecule has 114 valence electrons. The van der Waals surface area contributed by atoms with Crippen LogP contribution in [0.1, 0.15) is 24.8 Å². The van der Waals surface area contributed by atoms with Crippen LogP contribution >= 0.6 is 0 Å². The molecule has 1 N–H and O–H groups in total. The lowest BCUT2D eigenvalue weighted by Gasteiger charge is -2.26. The molecule has 1 atom stereocenters. The van der Waals surface area contributed by atoms with Crippen LogP contribution in [0.2, 0.25) is 0 Å². The van der Waals surface area contributed by atoms with Gasteiger partial charge in [0, 0.05) is 19.0 Å². The quantitative estimate of drug-likeness (QED) is 0.898. The molecule has 0 spiro atoms. The summed E-state index contributed by atoms with van der Waals surface area (Å²) >= 11 is 0. The normalized spacial score (nSPS) is 21.6. The highest BCUT2D eigenvalue weighted by Crippen LogP contribution is 2.32. The lowest BCUT2D eigenvalue weighted by molar-refractivity contribution is -0.144. The van der Waals surface area contributed by atoms with Gasteiger partial charge < -0.3 is 14.6 Å². The van der Waals surface area contributed by atoms with Crippen molar-refractivity contribution in [3.63, 3.8) is 0 Å². The first-order chi connectivity index (χ1) is 10.2. The molecule has 1 fully saturated rings. The van der Waals surface area contributed by atoms with Crippen molar-refractivity contribution in [2.75, 3.05) is 26.2 Å². The Bertz CT molecular complexity index is 511. The van der Waals surface area contributed by atoms with Crippen molar-refractivity contribution in [2.45, 2.75) is 31.8 Å². The maximum Gasteiger partial charge on any atom is 0.345 e. The number of hydrogen-bond acceptors (Lipinski definition) is 4. The molecule has 0 amide bonds. The van der Waals surface area contributed by atoms with Crippen molar-refractivity contribution in [3.05, 3.63) is 23.8 Å². The fourth-order valence-electron chi connectivity index (χ4n) is 2.91. The van der Waals surface area contributed by atoms with Gasteiger partial charge in [-0.2, -0.15) is 0 Å². The van der Waals surface area contributed by atoms with E-state index in [0.717, 1.165) is 30.9 Å². The zero-order valence-electron chi connectivity index (χ0n) is 12.1. The molecule has 5 heteroatoms. The Morgan fingerprint density at radius 3 is 2.90 bits per heavy atom. The lowest BCUT2D eigenvalue weighted by Crippen LogP contribution is -2.33. The van der Waals surface area contributed by atoms with E-state index in [0.29, 0.717) is 18.8 Å². The Morgan fingerprint density at radius 1 is 1.33 bits per heavy atom. The molecular formula is C16H21NO4. The maximum atomic E-state index is 10.9. The molecule has 2 aliphatic rings. The van der Waals surface area contributed by atoms with E-state index in [2.05, 4.69) is 4.90 Å². The minimum Gasteiger partial charge on any atom is -0.492 e. The highest BCUT2D eigenvalue weighted by molar-refractivity contribution is 5.74. The van der Waals surface area contributed by atoms with Crippen molar-refractivity contribution >= 4 is 5.97 Å². The summed E-state index contributed by atoms with van der Waals surface area (Å²) in [6.45, 7) is 3.92. The molecule has 0 bridgehead atoms. The second-order valence-corrected chi connectivity index (χ2v) is 5.67. The zero-order valence-corrected chi connectivity index (χ0v) is 12.1. The fourth-order valence-corrected chi connectivity index (χ4v) is 2.91. The van der Waals surface area contributed by atoms with Crippen LogP contribution in [0.15, 0.2) is 18.2 Å². The molecule has 2 heterocycles. The highest BCUT2D eigenvalue weighted by atomic mass is 16.5. The third kappa shape index (κ3) is 3.47. The number of rotatable bonds is 5. The number of piperidine rings is 1. The predicted octanol–water partition coefficient (Wildman–Crippen LogP) is 1.94. The molecule has 1 aromatic rings. The van der Waals surface area contributed by atoms with E-state index in [-0.39, 0.29) is 0 Å². The number of fused-ring (bicyclic) bond motifs is 1. The van der Waals surface area contributed by atoms with Crippen molar-refractivity contribution in [1.82, 2.24) is 4.90 Å². The third-order valence-corrected chi connectivity index (χ3v) is 4.11. The van der Waals surface area contributed by atoms with Gasteiger partial charge in [-0.1, -0.05) is 12.5 Å². The second kappa shape index (κ2) is 6.35. The fraction of sp³-hybridized carbons (Fsp3) is 0.562. The van der Waals surface area contributed by atoms with Gasteiger partial charge >= 0.3 is 5.97 Å². The van der Waals surface area contributed by atoms with E-state index in [4.69, 9.17) is 14.6 Å². The number of hydrogen-bond donors (Lipinski definition) is 1. The number of carbonyl (C=O) groups is 1. The van der Waals surface area contributed by atoms with Crippen LogP contribution in [0.25, 0.3) is 0 Å². The Morgan fingerprint density at radius 2 is 2.14 bits per heavy atom. The molecule has 5 nitrogen and oxygen atoms in total. The minimum absolute atomic E-state index is 0.429. The number of aliphatic carboxylic acids is 1. The predicted molar refractivity (Wildman–Crippen MR) is 78.0 cm³/mol. The molecule has 2 aliphatic heterocycles. The van der Waals surface area contributed by atoms with Gasteiger partial charge in [-0.15, -0.1) is 0 Å². The second-order valence-electron chi connectivity index (χ2n) is 5.67. The largest absolute Gasteiger partial charge is 0.492 e. The SMILES string of the molecule is O=C(O)C1Cc2ccc(OCCN3CCCCC3)cc2O1. The molecule has 1 unspecified atom stereocenters. The number of carboxylic acid groups (broad SMARTS) is 1. The van der Waals surface area contributed by atoms with Crippen LogP contribution in [-0.2, 0) is 11.2 Å². The number of benzene rings is 1. The van der Waals surface area contributed by atoms with Crippen LogP contribution in [0.4, 0.5) is 0 Å². The average molecular weight is 291 g/mol. The number of likely N-dealkylation sites (tertiary alicyclic amines) is 1. The molecule has 1 saturated heterocycles. The molecule has 3 rings (SSSR count). The summed E-state index contributed by atoms with van der Waals surface area (Å²) in [4.78, 5) is 13.4. The van der Waals surface area contributed by atoms with E-state index < -0.39 is 12.1 Å². The molecule has 1 aromatic carbocycles. The first kappa shape index (κ1) is 14.2. The third-order valence-electron chi connectivity index (χ3n) is 4.11. The lowest BCUT2D eigenvalue weighted by atomic mass is 10.1. The maximum absolute atomic E-state index is 10.9. The van der Waals surface area contributed by atoms with Crippen molar-refractivity contribution in [2.24, 2.45) is 0 Å². The summed E-state index contributed by atoms with van der Waals surface area (Å²) in [5.74, 6) is 0.466. The molecule has 21 heavy (non-hydrogen) atoms.